The zero-order valence-corrected chi connectivity index (χ0v) is 15.0. The van der Waals surface area contributed by atoms with E-state index in [0.717, 1.165) is 12.0 Å². The van der Waals surface area contributed by atoms with E-state index in [2.05, 4.69) is 5.32 Å². The predicted octanol–water partition coefficient (Wildman–Crippen LogP) is 2.15. The largest absolute Gasteiger partial charge is 0.460 e. The maximum absolute atomic E-state index is 12.5. The zero-order chi connectivity index (χ0) is 19.1. The molecule has 27 heavy (non-hydrogen) atoms. The fourth-order valence-corrected chi connectivity index (χ4v) is 3.12. The van der Waals surface area contributed by atoms with Crippen molar-refractivity contribution in [1.82, 2.24) is 10.2 Å². The molecule has 3 rings (SSSR count). The summed E-state index contributed by atoms with van der Waals surface area (Å²) >= 11 is 0. The van der Waals surface area contributed by atoms with Crippen LogP contribution in [0.1, 0.15) is 28.8 Å². The Labute approximate surface area is 158 Å². The lowest BCUT2D eigenvalue weighted by atomic mass is 10.1. The van der Waals surface area contributed by atoms with Crippen LogP contribution in [-0.4, -0.2) is 41.8 Å². The normalized spacial score (nSPS) is 16.7. The summed E-state index contributed by atoms with van der Waals surface area (Å²) in [6.45, 7) is 0.860. The van der Waals surface area contributed by atoms with Gasteiger partial charge in [0.15, 0.2) is 0 Å². The van der Waals surface area contributed by atoms with Gasteiger partial charge >= 0.3 is 5.97 Å². The molecule has 0 aromatic heterocycles. The Morgan fingerprint density at radius 3 is 2.37 bits per heavy atom. The first-order valence-corrected chi connectivity index (χ1v) is 8.97. The Kier molecular flexibility index (Phi) is 6.33. The smallest absolute Gasteiger partial charge is 0.320 e. The first kappa shape index (κ1) is 18.8. The van der Waals surface area contributed by atoms with Crippen molar-refractivity contribution in [2.45, 2.75) is 25.5 Å². The van der Waals surface area contributed by atoms with Crippen LogP contribution in [0.15, 0.2) is 60.7 Å². The monoisotopic (exact) mass is 366 g/mol. The van der Waals surface area contributed by atoms with E-state index >= 15 is 0 Å². The molecule has 0 unspecified atom stereocenters. The summed E-state index contributed by atoms with van der Waals surface area (Å²) < 4.78 is 5.29. The molecule has 1 heterocycles. The Morgan fingerprint density at radius 2 is 1.67 bits per heavy atom. The number of likely N-dealkylation sites (tertiary alicyclic amines) is 1. The van der Waals surface area contributed by atoms with E-state index < -0.39 is 11.9 Å². The Hall–Kier alpha value is -2.99. The van der Waals surface area contributed by atoms with Gasteiger partial charge in [0.05, 0.1) is 12.6 Å². The molecular weight excluding hydrogens is 344 g/mol. The highest BCUT2D eigenvalue weighted by Gasteiger charge is 2.33. The third-order valence-electron chi connectivity index (χ3n) is 4.51. The number of rotatable bonds is 6. The summed E-state index contributed by atoms with van der Waals surface area (Å²) in [7, 11) is 0. The molecule has 6 nitrogen and oxygen atoms in total. The second-order valence-electron chi connectivity index (χ2n) is 6.46. The summed E-state index contributed by atoms with van der Waals surface area (Å²) in [6, 6.07) is 17.5. The minimum absolute atomic E-state index is 0.0322. The number of esters is 1. The van der Waals surface area contributed by atoms with E-state index in [1.165, 1.54) is 0 Å². The van der Waals surface area contributed by atoms with E-state index in [1.807, 2.05) is 30.3 Å². The molecule has 2 aromatic rings. The van der Waals surface area contributed by atoms with Gasteiger partial charge in [-0.15, -0.1) is 0 Å². The molecule has 0 bridgehead atoms. The van der Waals surface area contributed by atoms with Crippen LogP contribution < -0.4 is 5.32 Å². The molecule has 2 amide bonds. The number of carbonyl (C=O) groups excluding carboxylic acids is 3. The number of carbonyl (C=O) groups is 3. The van der Waals surface area contributed by atoms with Crippen molar-refractivity contribution in [3.63, 3.8) is 0 Å². The van der Waals surface area contributed by atoms with Gasteiger partial charge in [-0.25, -0.2) is 0 Å². The summed E-state index contributed by atoms with van der Waals surface area (Å²) in [5.41, 5.74) is 1.34. The van der Waals surface area contributed by atoms with Crippen molar-refractivity contribution >= 4 is 17.8 Å². The number of imide groups is 1. The van der Waals surface area contributed by atoms with Crippen molar-refractivity contribution in [3.8, 4) is 0 Å². The number of ether oxygens (including phenoxy) is 1. The summed E-state index contributed by atoms with van der Waals surface area (Å²) in [4.78, 5) is 38.5. The van der Waals surface area contributed by atoms with Gasteiger partial charge in [0, 0.05) is 5.56 Å². The summed E-state index contributed by atoms with van der Waals surface area (Å²) in [5, 5.41) is 2.43. The first-order chi connectivity index (χ1) is 13.1. The minimum Gasteiger partial charge on any atom is -0.460 e. The van der Waals surface area contributed by atoms with E-state index in [-0.39, 0.29) is 25.0 Å². The summed E-state index contributed by atoms with van der Waals surface area (Å²) in [6.07, 6.45) is 1.41. The van der Waals surface area contributed by atoms with Crippen molar-refractivity contribution in [1.29, 1.82) is 0 Å². The third-order valence-corrected chi connectivity index (χ3v) is 4.51. The minimum atomic E-state index is -0.498. The topological polar surface area (TPSA) is 75.7 Å². The maximum Gasteiger partial charge on any atom is 0.320 e. The van der Waals surface area contributed by atoms with Crippen LogP contribution in [0.2, 0.25) is 0 Å². The first-order valence-electron chi connectivity index (χ1n) is 8.97. The van der Waals surface area contributed by atoms with Crippen molar-refractivity contribution in [3.05, 3.63) is 71.8 Å². The van der Waals surface area contributed by atoms with Crippen molar-refractivity contribution < 1.29 is 19.1 Å². The third kappa shape index (κ3) is 5.24. The fourth-order valence-electron chi connectivity index (χ4n) is 3.12. The van der Waals surface area contributed by atoms with Crippen LogP contribution in [0.4, 0.5) is 0 Å². The van der Waals surface area contributed by atoms with Crippen LogP contribution in [0, 0.1) is 0 Å². The SMILES string of the molecule is O=C(CN1CCC[C@@H]1C(=O)NC(=O)c1ccccc1)OCc1ccccc1. The Morgan fingerprint density at radius 1 is 1.00 bits per heavy atom. The lowest BCUT2D eigenvalue weighted by molar-refractivity contribution is -0.146. The van der Waals surface area contributed by atoms with Crippen LogP contribution in [0.5, 0.6) is 0 Å². The molecule has 1 fully saturated rings. The second kappa shape index (κ2) is 9.09. The highest BCUT2D eigenvalue weighted by molar-refractivity contribution is 6.06. The Balaban J connectivity index is 1.51. The average Bonchev–Trinajstić information content (AvgIpc) is 3.16. The van der Waals surface area contributed by atoms with Crippen LogP contribution in [-0.2, 0) is 20.9 Å². The number of nitrogens with zero attached hydrogens (tertiary/aromatic N) is 1. The van der Waals surface area contributed by atoms with Gasteiger partial charge in [-0.2, -0.15) is 0 Å². The van der Waals surface area contributed by atoms with Gasteiger partial charge in [-0.3, -0.25) is 24.6 Å². The molecule has 1 aliphatic rings. The molecule has 6 heteroatoms. The van der Waals surface area contributed by atoms with E-state index in [9.17, 15) is 14.4 Å². The Bertz CT molecular complexity index is 792. The molecule has 2 aromatic carbocycles. The van der Waals surface area contributed by atoms with Crippen LogP contribution in [0.3, 0.4) is 0 Å². The van der Waals surface area contributed by atoms with E-state index in [1.54, 1.807) is 35.2 Å². The zero-order valence-electron chi connectivity index (χ0n) is 15.0. The van der Waals surface area contributed by atoms with Gasteiger partial charge in [-0.1, -0.05) is 48.5 Å². The lowest BCUT2D eigenvalue weighted by Gasteiger charge is -2.22. The molecule has 0 radical (unpaired) electrons. The molecule has 1 saturated heterocycles. The number of hydrogen-bond acceptors (Lipinski definition) is 5. The molecule has 1 N–H and O–H groups in total. The number of nitrogens with one attached hydrogen (secondary N) is 1. The average molecular weight is 366 g/mol. The molecule has 140 valence electrons. The second-order valence-corrected chi connectivity index (χ2v) is 6.46. The number of amides is 2. The molecule has 0 aliphatic carbocycles. The fraction of sp³-hybridized carbons (Fsp3) is 0.286. The van der Waals surface area contributed by atoms with E-state index in [4.69, 9.17) is 4.74 Å². The molecule has 0 spiro atoms. The molecule has 1 aliphatic heterocycles. The highest BCUT2D eigenvalue weighted by Crippen LogP contribution is 2.17. The van der Waals surface area contributed by atoms with Crippen LogP contribution >= 0.6 is 0 Å². The van der Waals surface area contributed by atoms with Gasteiger partial charge in [0.25, 0.3) is 5.91 Å². The van der Waals surface area contributed by atoms with Gasteiger partial charge < -0.3 is 4.74 Å². The van der Waals surface area contributed by atoms with Crippen LogP contribution in [0.25, 0.3) is 0 Å². The lowest BCUT2D eigenvalue weighted by Crippen LogP contribution is -2.47. The molecule has 1 atom stereocenters. The highest BCUT2D eigenvalue weighted by atomic mass is 16.5. The molecular formula is C21H22N2O4. The van der Waals surface area contributed by atoms with Gasteiger partial charge in [-0.05, 0) is 37.1 Å². The van der Waals surface area contributed by atoms with Gasteiger partial charge in [0.2, 0.25) is 5.91 Å². The maximum atomic E-state index is 12.5. The van der Waals surface area contributed by atoms with Gasteiger partial charge in [0.1, 0.15) is 6.61 Å². The number of hydrogen-bond donors (Lipinski definition) is 1. The molecule has 0 saturated carbocycles. The quantitative estimate of drug-likeness (QED) is 0.626. The van der Waals surface area contributed by atoms with E-state index in [0.29, 0.717) is 18.5 Å². The standard InChI is InChI=1S/C21H22N2O4/c24-19(27-15-16-8-3-1-4-9-16)14-23-13-7-12-18(23)21(26)22-20(25)17-10-5-2-6-11-17/h1-6,8-11,18H,7,12-15H2,(H,22,25,26)/t18-/m1/s1. The van der Waals surface area contributed by atoms with Crippen molar-refractivity contribution in [2.24, 2.45) is 0 Å². The summed E-state index contributed by atoms with van der Waals surface area (Å²) in [5.74, 6) is -1.19. The predicted molar refractivity (Wildman–Crippen MR) is 99.7 cm³/mol. The van der Waals surface area contributed by atoms with Crippen molar-refractivity contribution in [2.75, 3.05) is 13.1 Å². The number of benzene rings is 2.